The summed E-state index contributed by atoms with van der Waals surface area (Å²) >= 11 is 1.73. The van der Waals surface area contributed by atoms with Gasteiger partial charge < -0.3 is 5.73 Å². The van der Waals surface area contributed by atoms with Gasteiger partial charge in [-0.25, -0.2) is 0 Å². The maximum atomic E-state index is 10.8. The van der Waals surface area contributed by atoms with E-state index >= 15 is 0 Å². The highest BCUT2D eigenvalue weighted by molar-refractivity contribution is 7.98. The molecule has 2 aromatic carbocycles. The largest absolute Gasteiger partial charge is 0.397 e. The molecule has 0 radical (unpaired) electrons. The molecule has 2 N–H and O–H groups in total. The number of hydrogen-bond donors (Lipinski definition) is 1. The molecule has 1 aliphatic heterocycles. The lowest BCUT2D eigenvalue weighted by atomic mass is 9.86. The molecule has 0 aromatic heterocycles. The summed E-state index contributed by atoms with van der Waals surface area (Å²) in [6, 6.07) is 10.3. The molecular weight excluding hydrogens is 324 g/mol. The molecule has 1 aliphatic rings. The van der Waals surface area contributed by atoms with Gasteiger partial charge in [-0.3, -0.25) is 10.1 Å². The summed E-state index contributed by atoms with van der Waals surface area (Å²) in [6.45, 7) is 0. The Morgan fingerprint density at radius 3 is 2.38 bits per heavy atom. The topological polar surface area (TPSA) is 117 Å². The zero-order valence-corrected chi connectivity index (χ0v) is 13.4. The number of nitrogens with zero attached hydrogens (tertiary/aromatic N) is 3. The van der Waals surface area contributed by atoms with E-state index in [1.54, 1.807) is 23.9 Å². The van der Waals surface area contributed by atoms with Crippen molar-refractivity contribution in [2.24, 2.45) is 0 Å². The molecule has 24 heavy (non-hydrogen) atoms. The molecule has 0 unspecified atom stereocenters. The van der Waals surface area contributed by atoms with Crippen LogP contribution in [0.15, 0.2) is 24.3 Å². The highest BCUT2D eigenvalue weighted by Crippen LogP contribution is 2.41. The van der Waals surface area contributed by atoms with Crippen molar-refractivity contribution in [3.05, 3.63) is 56.6 Å². The van der Waals surface area contributed by atoms with Crippen LogP contribution >= 0.6 is 11.8 Å². The minimum Gasteiger partial charge on any atom is -0.397 e. The van der Waals surface area contributed by atoms with Crippen molar-refractivity contribution < 1.29 is 4.92 Å². The first-order chi connectivity index (χ1) is 11.6. The van der Waals surface area contributed by atoms with E-state index in [0.29, 0.717) is 22.4 Å². The molecule has 118 valence electrons. The van der Waals surface area contributed by atoms with E-state index in [1.807, 2.05) is 0 Å². The van der Waals surface area contributed by atoms with Crippen molar-refractivity contribution in [2.45, 2.75) is 12.2 Å². The summed E-state index contributed by atoms with van der Waals surface area (Å²) in [7, 11) is 0. The number of fused-ring (bicyclic) bond motifs is 1. The van der Waals surface area contributed by atoms with Gasteiger partial charge in [-0.1, -0.05) is 0 Å². The molecule has 2 aromatic rings. The van der Waals surface area contributed by atoms with Crippen molar-refractivity contribution in [1.82, 2.24) is 0 Å². The molecular formula is C17H12N4O2S. The average Bonchev–Trinajstić information content (AvgIpc) is 2.61. The summed E-state index contributed by atoms with van der Waals surface area (Å²) in [5.74, 6) is 1.58. The SMILES string of the molecule is N#Cc1c(N)c(C#N)c(-c2ccc([N+](=O)[O-])cc2)c2c1CCSC2. The van der Waals surface area contributed by atoms with Crippen molar-refractivity contribution in [2.75, 3.05) is 11.5 Å². The Morgan fingerprint density at radius 1 is 1.12 bits per heavy atom. The fourth-order valence-corrected chi connectivity index (χ4v) is 3.99. The summed E-state index contributed by atoms with van der Waals surface area (Å²) in [5, 5.41) is 29.8. The lowest BCUT2D eigenvalue weighted by Gasteiger charge is -2.23. The number of hydrogen-bond acceptors (Lipinski definition) is 6. The molecule has 3 rings (SSSR count). The molecule has 0 saturated heterocycles. The van der Waals surface area contributed by atoms with E-state index in [9.17, 15) is 20.6 Å². The summed E-state index contributed by atoms with van der Waals surface area (Å²) in [5.41, 5.74) is 10.1. The van der Waals surface area contributed by atoms with Gasteiger partial charge >= 0.3 is 0 Å². The van der Waals surface area contributed by atoms with Gasteiger partial charge in [-0.15, -0.1) is 0 Å². The number of nitrogen functional groups attached to an aromatic ring is 1. The van der Waals surface area contributed by atoms with Gasteiger partial charge in [0.25, 0.3) is 5.69 Å². The summed E-state index contributed by atoms with van der Waals surface area (Å²) in [6.07, 6.45) is 0.721. The Hall–Kier alpha value is -3.03. The Balaban J connectivity index is 2.31. The highest BCUT2D eigenvalue weighted by Gasteiger charge is 2.25. The van der Waals surface area contributed by atoms with Crippen LogP contribution in [0.1, 0.15) is 22.3 Å². The third-order valence-corrected chi connectivity index (χ3v) is 5.08. The van der Waals surface area contributed by atoms with Gasteiger partial charge in [0, 0.05) is 23.4 Å². The van der Waals surface area contributed by atoms with E-state index < -0.39 is 4.92 Å². The standard InChI is InChI=1S/C17H12N4O2S/c18-7-13-12-5-6-24-9-15(12)16(14(8-19)17(13)20)10-1-3-11(4-2-10)21(22)23/h1-4H,5-6,9,20H2. The zero-order chi connectivity index (χ0) is 17.3. The van der Waals surface area contributed by atoms with Crippen LogP contribution in [0.25, 0.3) is 11.1 Å². The van der Waals surface area contributed by atoms with Gasteiger partial charge in [0.05, 0.1) is 21.7 Å². The zero-order valence-electron chi connectivity index (χ0n) is 12.6. The maximum absolute atomic E-state index is 10.8. The Morgan fingerprint density at radius 2 is 1.79 bits per heavy atom. The van der Waals surface area contributed by atoms with Crippen LogP contribution in [0.3, 0.4) is 0 Å². The molecule has 0 bridgehead atoms. The summed E-state index contributed by atoms with van der Waals surface area (Å²) in [4.78, 5) is 10.4. The number of thioether (sulfide) groups is 1. The predicted octanol–water partition coefficient (Wildman–Crippen LogP) is 3.38. The first-order valence-electron chi connectivity index (χ1n) is 7.18. The van der Waals surface area contributed by atoms with Gasteiger partial charge in [-0.05, 0) is 41.0 Å². The van der Waals surface area contributed by atoms with Crippen LogP contribution in [0.2, 0.25) is 0 Å². The normalized spacial score (nSPS) is 12.8. The van der Waals surface area contributed by atoms with E-state index in [4.69, 9.17) is 5.73 Å². The Labute approximate surface area is 142 Å². The first kappa shape index (κ1) is 15.9. The Kier molecular flexibility index (Phi) is 4.11. The Bertz CT molecular complexity index is 924. The van der Waals surface area contributed by atoms with E-state index in [-0.39, 0.29) is 16.9 Å². The fraction of sp³-hybridized carbons (Fsp3) is 0.176. The van der Waals surface area contributed by atoms with Crippen molar-refractivity contribution >= 4 is 23.1 Å². The number of nitrogens with two attached hydrogens (primary N) is 1. The van der Waals surface area contributed by atoms with Gasteiger partial charge in [0.1, 0.15) is 12.1 Å². The molecule has 0 spiro atoms. The molecule has 0 saturated carbocycles. The van der Waals surface area contributed by atoms with Crippen LogP contribution in [-0.4, -0.2) is 10.7 Å². The number of anilines is 1. The molecule has 0 fully saturated rings. The van der Waals surface area contributed by atoms with Crippen molar-refractivity contribution in [3.63, 3.8) is 0 Å². The second-order valence-electron chi connectivity index (χ2n) is 5.33. The fourth-order valence-electron chi connectivity index (χ4n) is 2.97. The number of rotatable bonds is 2. The molecule has 6 nitrogen and oxygen atoms in total. The monoisotopic (exact) mass is 336 g/mol. The minimum atomic E-state index is -0.465. The number of benzene rings is 2. The predicted molar refractivity (Wildman–Crippen MR) is 92.2 cm³/mol. The lowest BCUT2D eigenvalue weighted by molar-refractivity contribution is -0.384. The number of nitro benzene ring substituents is 1. The van der Waals surface area contributed by atoms with Gasteiger partial charge in [0.15, 0.2) is 0 Å². The van der Waals surface area contributed by atoms with Crippen molar-refractivity contribution in [3.8, 4) is 23.3 Å². The smallest absolute Gasteiger partial charge is 0.269 e. The average molecular weight is 336 g/mol. The molecule has 0 aliphatic carbocycles. The van der Waals surface area contributed by atoms with Crippen LogP contribution in [-0.2, 0) is 12.2 Å². The molecule has 0 atom stereocenters. The van der Waals surface area contributed by atoms with Crippen LogP contribution in [0.4, 0.5) is 11.4 Å². The second kappa shape index (κ2) is 6.23. The van der Waals surface area contributed by atoms with E-state index in [2.05, 4.69) is 12.1 Å². The minimum absolute atomic E-state index is 0.0119. The van der Waals surface area contributed by atoms with Crippen molar-refractivity contribution in [1.29, 1.82) is 10.5 Å². The van der Waals surface area contributed by atoms with Gasteiger partial charge in [0.2, 0.25) is 0 Å². The third-order valence-electron chi connectivity index (χ3n) is 4.09. The first-order valence-corrected chi connectivity index (χ1v) is 8.34. The third kappa shape index (κ3) is 2.45. The maximum Gasteiger partial charge on any atom is 0.269 e. The lowest BCUT2D eigenvalue weighted by Crippen LogP contribution is -2.12. The van der Waals surface area contributed by atoms with Crippen LogP contribution in [0.5, 0.6) is 0 Å². The van der Waals surface area contributed by atoms with E-state index in [0.717, 1.165) is 23.3 Å². The number of nitro groups is 1. The highest BCUT2D eigenvalue weighted by atomic mass is 32.2. The second-order valence-corrected chi connectivity index (χ2v) is 6.43. The van der Waals surface area contributed by atoms with E-state index in [1.165, 1.54) is 12.1 Å². The molecule has 1 heterocycles. The quantitative estimate of drug-likeness (QED) is 0.510. The van der Waals surface area contributed by atoms with Crippen LogP contribution in [0, 0.1) is 32.8 Å². The van der Waals surface area contributed by atoms with Gasteiger partial charge in [-0.2, -0.15) is 22.3 Å². The van der Waals surface area contributed by atoms with Crippen LogP contribution < -0.4 is 5.73 Å². The number of nitriles is 2. The molecule has 0 amide bonds. The molecule has 7 heteroatoms. The summed E-state index contributed by atoms with van der Waals surface area (Å²) < 4.78 is 0. The number of non-ortho nitro benzene ring substituents is 1.